The maximum atomic E-state index is 13.3. The molecule has 0 fully saturated rings. The van der Waals surface area contributed by atoms with Crippen molar-refractivity contribution in [1.29, 1.82) is 0 Å². The fraction of sp³-hybridized carbons (Fsp3) is 0.273. The van der Waals surface area contributed by atoms with Crippen molar-refractivity contribution in [3.8, 4) is 0 Å². The molecule has 0 spiro atoms. The summed E-state index contributed by atoms with van der Waals surface area (Å²) in [5.74, 6) is -4.30. The molecule has 0 heterocycles. The number of carboxylic acids is 1. The normalized spacial score (nSPS) is 10.1. The Labute approximate surface area is 111 Å². The van der Waals surface area contributed by atoms with Gasteiger partial charge in [0.05, 0.1) is 10.6 Å². The molecule has 0 radical (unpaired) electrons. The van der Waals surface area contributed by atoms with Gasteiger partial charge in [0, 0.05) is 25.0 Å². The van der Waals surface area contributed by atoms with Gasteiger partial charge in [0.25, 0.3) is 0 Å². The van der Waals surface area contributed by atoms with Gasteiger partial charge in [0.2, 0.25) is 11.7 Å². The minimum atomic E-state index is -1.35. The van der Waals surface area contributed by atoms with Crippen LogP contribution in [0.3, 0.4) is 0 Å². The van der Waals surface area contributed by atoms with Gasteiger partial charge in [-0.2, -0.15) is 4.39 Å². The minimum Gasteiger partial charge on any atom is -0.481 e. The lowest BCUT2D eigenvalue weighted by atomic mass is 10.2. The van der Waals surface area contributed by atoms with Crippen molar-refractivity contribution in [2.75, 3.05) is 5.32 Å². The predicted molar refractivity (Wildman–Crippen MR) is 63.1 cm³/mol. The molecule has 20 heavy (non-hydrogen) atoms. The number of halogens is 2. The third-order valence-electron chi connectivity index (χ3n) is 2.30. The number of aliphatic carboxylic acids is 1. The molecular weight excluding hydrogens is 278 g/mol. The van der Waals surface area contributed by atoms with Crippen LogP contribution >= 0.6 is 0 Å². The summed E-state index contributed by atoms with van der Waals surface area (Å²) in [6.45, 7) is 0. The number of rotatable bonds is 6. The first-order valence-corrected chi connectivity index (χ1v) is 5.46. The molecule has 7 nitrogen and oxygen atoms in total. The SMILES string of the molecule is O=C(O)CCCC(=O)Nc1cc([N+](=O)[O-])c(F)cc1F. The minimum absolute atomic E-state index is 0.0338. The van der Waals surface area contributed by atoms with Crippen LogP contribution < -0.4 is 5.32 Å². The van der Waals surface area contributed by atoms with E-state index in [2.05, 4.69) is 0 Å². The fourth-order valence-electron chi connectivity index (χ4n) is 1.39. The highest BCUT2D eigenvalue weighted by Gasteiger charge is 2.19. The van der Waals surface area contributed by atoms with Crippen LogP contribution in [0.1, 0.15) is 19.3 Å². The first kappa shape index (κ1) is 15.5. The standard InChI is InChI=1S/C11H10F2N2O5/c12-6-4-7(13)9(15(19)20)5-8(6)14-10(16)2-1-3-11(17)18/h4-5H,1-3H2,(H,14,16)(H,17,18). The van der Waals surface area contributed by atoms with Gasteiger partial charge >= 0.3 is 11.7 Å². The number of benzene rings is 1. The van der Waals surface area contributed by atoms with Crippen LogP contribution in [0.15, 0.2) is 12.1 Å². The fourth-order valence-corrected chi connectivity index (χ4v) is 1.39. The highest BCUT2D eigenvalue weighted by molar-refractivity contribution is 5.91. The highest BCUT2D eigenvalue weighted by atomic mass is 19.1. The number of nitro benzene ring substituents is 1. The van der Waals surface area contributed by atoms with E-state index >= 15 is 0 Å². The van der Waals surface area contributed by atoms with Crippen LogP contribution in [0.25, 0.3) is 0 Å². The van der Waals surface area contributed by atoms with Crippen LogP contribution in [0.2, 0.25) is 0 Å². The van der Waals surface area contributed by atoms with Crippen LogP contribution in [0, 0.1) is 21.7 Å². The van der Waals surface area contributed by atoms with Crippen LogP contribution in [0.4, 0.5) is 20.2 Å². The lowest BCUT2D eigenvalue weighted by molar-refractivity contribution is -0.387. The number of carbonyl (C=O) groups excluding carboxylic acids is 1. The Bertz CT molecular complexity index is 562. The van der Waals surface area contributed by atoms with Crippen molar-refractivity contribution in [2.45, 2.75) is 19.3 Å². The second-order valence-electron chi connectivity index (χ2n) is 3.84. The van der Waals surface area contributed by atoms with Gasteiger partial charge in [0.15, 0.2) is 0 Å². The largest absolute Gasteiger partial charge is 0.481 e. The quantitative estimate of drug-likeness (QED) is 0.615. The van der Waals surface area contributed by atoms with Gasteiger partial charge < -0.3 is 10.4 Å². The summed E-state index contributed by atoms with van der Waals surface area (Å²) in [6, 6.07) is 0.866. The number of carboxylic acid groups (broad SMARTS) is 1. The summed E-state index contributed by atoms with van der Waals surface area (Å²) >= 11 is 0. The maximum absolute atomic E-state index is 13.3. The highest BCUT2D eigenvalue weighted by Crippen LogP contribution is 2.25. The van der Waals surface area contributed by atoms with Crippen molar-refractivity contribution in [1.82, 2.24) is 0 Å². The third-order valence-corrected chi connectivity index (χ3v) is 2.30. The molecule has 1 aromatic carbocycles. The summed E-state index contributed by atoms with van der Waals surface area (Å²) in [5, 5.41) is 20.9. The predicted octanol–water partition coefficient (Wildman–Crippen LogP) is 2.07. The average molecular weight is 288 g/mol. The summed E-state index contributed by atoms with van der Waals surface area (Å²) in [5.41, 5.74) is -1.49. The summed E-state index contributed by atoms with van der Waals surface area (Å²) < 4.78 is 26.4. The van der Waals surface area contributed by atoms with Crippen LogP contribution in [-0.4, -0.2) is 21.9 Å². The second kappa shape index (κ2) is 6.55. The third kappa shape index (κ3) is 4.26. The van der Waals surface area contributed by atoms with Gasteiger partial charge in [0.1, 0.15) is 5.82 Å². The van der Waals surface area contributed by atoms with Gasteiger partial charge in [-0.1, -0.05) is 0 Å². The lowest BCUT2D eigenvalue weighted by Gasteiger charge is -2.06. The number of nitrogens with one attached hydrogen (secondary N) is 1. The van der Waals surface area contributed by atoms with E-state index in [0.717, 1.165) is 0 Å². The van der Waals surface area contributed by atoms with E-state index in [9.17, 15) is 28.5 Å². The molecule has 0 aromatic heterocycles. The Morgan fingerprint density at radius 3 is 2.45 bits per heavy atom. The maximum Gasteiger partial charge on any atom is 0.307 e. The Kier molecular flexibility index (Phi) is 5.07. The zero-order valence-electron chi connectivity index (χ0n) is 10.1. The average Bonchev–Trinajstić information content (AvgIpc) is 2.31. The van der Waals surface area contributed by atoms with Crippen LogP contribution in [-0.2, 0) is 9.59 Å². The summed E-state index contributed by atoms with van der Waals surface area (Å²) in [6.07, 6.45) is -0.400. The second-order valence-corrected chi connectivity index (χ2v) is 3.84. The monoisotopic (exact) mass is 288 g/mol. The molecule has 108 valence electrons. The Hall–Kier alpha value is -2.58. The zero-order valence-corrected chi connectivity index (χ0v) is 10.1. The van der Waals surface area contributed by atoms with E-state index in [0.29, 0.717) is 12.1 Å². The molecule has 1 rings (SSSR count). The lowest BCUT2D eigenvalue weighted by Crippen LogP contribution is -2.13. The van der Waals surface area contributed by atoms with E-state index < -0.39 is 39.8 Å². The number of carbonyl (C=O) groups is 2. The van der Waals surface area contributed by atoms with Crippen molar-refractivity contribution < 1.29 is 28.4 Å². The van der Waals surface area contributed by atoms with E-state index in [1.807, 2.05) is 5.32 Å². The van der Waals surface area contributed by atoms with Crippen molar-refractivity contribution in [2.24, 2.45) is 0 Å². The number of nitrogens with zero attached hydrogens (tertiary/aromatic N) is 1. The van der Waals surface area contributed by atoms with E-state index in [4.69, 9.17) is 5.11 Å². The summed E-state index contributed by atoms with van der Waals surface area (Å²) in [7, 11) is 0. The molecule has 2 N–H and O–H groups in total. The number of nitro groups is 1. The molecule has 0 unspecified atom stereocenters. The number of hydrogen-bond acceptors (Lipinski definition) is 4. The molecule has 0 aliphatic rings. The smallest absolute Gasteiger partial charge is 0.307 e. The molecule has 9 heteroatoms. The van der Waals surface area contributed by atoms with Gasteiger partial charge in [-0.3, -0.25) is 19.7 Å². The molecule has 1 aromatic rings. The zero-order chi connectivity index (χ0) is 15.3. The number of anilines is 1. The first-order valence-electron chi connectivity index (χ1n) is 5.46. The van der Waals surface area contributed by atoms with E-state index in [1.165, 1.54) is 0 Å². The molecule has 0 saturated carbocycles. The molecule has 1 amide bonds. The van der Waals surface area contributed by atoms with Crippen molar-refractivity contribution in [3.05, 3.63) is 33.9 Å². The number of hydrogen-bond donors (Lipinski definition) is 2. The molecular formula is C11H10F2N2O5. The molecule has 0 aliphatic heterocycles. The Morgan fingerprint density at radius 1 is 1.25 bits per heavy atom. The summed E-state index contributed by atoms with van der Waals surface area (Å²) in [4.78, 5) is 31.1. The van der Waals surface area contributed by atoms with E-state index in [1.54, 1.807) is 0 Å². The van der Waals surface area contributed by atoms with Gasteiger partial charge in [-0.05, 0) is 6.42 Å². The molecule has 0 saturated heterocycles. The van der Waals surface area contributed by atoms with E-state index in [-0.39, 0.29) is 19.3 Å². The first-order chi connectivity index (χ1) is 9.31. The molecule has 0 aliphatic carbocycles. The topological polar surface area (TPSA) is 110 Å². The van der Waals surface area contributed by atoms with Crippen molar-refractivity contribution in [3.63, 3.8) is 0 Å². The van der Waals surface area contributed by atoms with Gasteiger partial charge in [-0.25, -0.2) is 4.39 Å². The Morgan fingerprint density at radius 2 is 1.90 bits per heavy atom. The van der Waals surface area contributed by atoms with Crippen molar-refractivity contribution >= 4 is 23.3 Å². The van der Waals surface area contributed by atoms with Crippen LogP contribution in [0.5, 0.6) is 0 Å². The number of amides is 1. The Balaban J connectivity index is 2.76. The molecule has 0 bridgehead atoms. The molecule has 0 atom stereocenters. The van der Waals surface area contributed by atoms with Gasteiger partial charge in [-0.15, -0.1) is 0 Å².